The predicted octanol–water partition coefficient (Wildman–Crippen LogP) is 2.29. The van der Waals surface area contributed by atoms with Crippen molar-refractivity contribution >= 4 is 29.3 Å². The topological polar surface area (TPSA) is 90.9 Å². The van der Waals surface area contributed by atoms with Crippen LogP contribution in [0, 0.1) is 0 Å². The molecule has 0 heterocycles. The van der Waals surface area contributed by atoms with Crippen molar-refractivity contribution in [2.75, 3.05) is 30.9 Å². The smallest absolute Gasteiger partial charge is 0.267 e. The third-order valence-electron chi connectivity index (χ3n) is 3.45. The molecule has 7 heteroatoms. The summed E-state index contributed by atoms with van der Waals surface area (Å²) < 4.78 is 5.44. The summed E-state index contributed by atoms with van der Waals surface area (Å²) in [5, 5.41) is 11.2. The molecule has 26 heavy (non-hydrogen) atoms. The zero-order chi connectivity index (χ0) is 18.9. The number of carbonyl (C=O) groups is 2. The first-order valence-corrected chi connectivity index (χ1v) is 7.90. The number of nitrogens with zero attached hydrogens (tertiary/aromatic N) is 1. The van der Waals surface area contributed by atoms with Gasteiger partial charge in [0.25, 0.3) is 11.8 Å². The summed E-state index contributed by atoms with van der Waals surface area (Å²) in [5.74, 6) is -0.335. The lowest BCUT2D eigenvalue weighted by atomic mass is 10.2. The number of hydroxylamine groups is 1. The molecule has 0 radical (unpaired) electrons. The van der Waals surface area contributed by atoms with Crippen LogP contribution in [0.3, 0.4) is 0 Å². The van der Waals surface area contributed by atoms with Gasteiger partial charge in [0.15, 0.2) is 6.61 Å². The zero-order valence-electron chi connectivity index (χ0n) is 14.6. The van der Waals surface area contributed by atoms with Gasteiger partial charge in [0.05, 0.1) is 0 Å². The Balaban J connectivity index is 1.83. The van der Waals surface area contributed by atoms with Gasteiger partial charge in [-0.15, -0.1) is 0 Å². The van der Waals surface area contributed by atoms with Crippen LogP contribution in [-0.4, -0.2) is 37.7 Å². The van der Waals surface area contributed by atoms with E-state index < -0.39 is 5.91 Å². The fourth-order valence-corrected chi connectivity index (χ4v) is 2.07. The van der Waals surface area contributed by atoms with Crippen LogP contribution in [-0.2, 0) is 9.59 Å². The summed E-state index contributed by atoms with van der Waals surface area (Å²) in [6, 6.07) is 14.3. The maximum Gasteiger partial charge on any atom is 0.267 e. The van der Waals surface area contributed by atoms with E-state index in [1.165, 1.54) is 11.6 Å². The molecule has 0 saturated carbocycles. The van der Waals surface area contributed by atoms with Crippen LogP contribution >= 0.6 is 0 Å². The van der Waals surface area contributed by atoms with E-state index in [0.29, 0.717) is 11.4 Å². The molecule has 2 aromatic rings. The summed E-state index contributed by atoms with van der Waals surface area (Å²) >= 11 is 0. The third kappa shape index (κ3) is 5.95. The van der Waals surface area contributed by atoms with Gasteiger partial charge in [0, 0.05) is 31.5 Å². The molecule has 2 aromatic carbocycles. The quantitative estimate of drug-likeness (QED) is 0.403. The highest BCUT2D eigenvalue weighted by molar-refractivity contribution is 5.92. The zero-order valence-corrected chi connectivity index (χ0v) is 14.6. The standard InChI is InChI=1S/C19H21N3O4/c1-22(2)16-8-6-15(7-9-16)20-19(24)13-26-17-10-3-14(4-11-17)5-12-18(23)21-25/h3-12,25H,13H2,1-2H3,(H,20,24)(H,21,23)/b12-5+. The Bertz CT molecular complexity index is 768. The summed E-state index contributed by atoms with van der Waals surface area (Å²) in [4.78, 5) is 24.8. The van der Waals surface area contributed by atoms with Crippen LogP contribution < -0.4 is 20.4 Å². The molecular weight excluding hydrogens is 334 g/mol. The number of hydrogen-bond acceptors (Lipinski definition) is 5. The molecule has 136 valence electrons. The summed E-state index contributed by atoms with van der Waals surface area (Å²) in [7, 11) is 3.90. The maximum absolute atomic E-state index is 12.0. The molecular formula is C19H21N3O4. The average Bonchev–Trinajstić information content (AvgIpc) is 2.65. The lowest BCUT2D eigenvalue weighted by Crippen LogP contribution is -2.20. The molecule has 0 aliphatic carbocycles. The van der Waals surface area contributed by atoms with E-state index in [1.54, 1.807) is 30.3 Å². The molecule has 0 saturated heterocycles. The van der Waals surface area contributed by atoms with E-state index in [1.807, 2.05) is 43.3 Å². The molecule has 0 aliphatic heterocycles. The molecule has 2 rings (SSSR count). The lowest BCUT2D eigenvalue weighted by molar-refractivity contribution is -0.124. The van der Waals surface area contributed by atoms with Crippen LogP contribution in [0.5, 0.6) is 5.75 Å². The van der Waals surface area contributed by atoms with Crippen molar-refractivity contribution in [3.8, 4) is 5.75 Å². The van der Waals surface area contributed by atoms with E-state index in [2.05, 4.69) is 5.32 Å². The van der Waals surface area contributed by atoms with E-state index >= 15 is 0 Å². The van der Waals surface area contributed by atoms with Crippen LogP contribution in [0.25, 0.3) is 6.08 Å². The minimum absolute atomic E-state index is 0.114. The second kappa shape index (κ2) is 9.24. The number of hydrogen-bond donors (Lipinski definition) is 3. The fraction of sp³-hybridized carbons (Fsp3) is 0.158. The first kappa shape index (κ1) is 19.0. The molecule has 3 N–H and O–H groups in total. The Kier molecular flexibility index (Phi) is 6.75. The number of carbonyl (C=O) groups excluding carboxylic acids is 2. The van der Waals surface area contributed by atoms with Gasteiger partial charge in [-0.3, -0.25) is 14.8 Å². The average molecular weight is 355 g/mol. The molecule has 0 aromatic heterocycles. The van der Waals surface area contributed by atoms with Crippen molar-refractivity contribution in [3.63, 3.8) is 0 Å². The fourth-order valence-electron chi connectivity index (χ4n) is 2.07. The predicted molar refractivity (Wildman–Crippen MR) is 100 cm³/mol. The van der Waals surface area contributed by atoms with Gasteiger partial charge >= 0.3 is 0 Å². The van der Waals surface area contributed by atoms with Gasteiger partial charge in [-0.25, -0.2) is 5.48 Å². The Morgan fingerprint density at radius 2 is 1.73 bits per heavy atom. The van der Waals surface area contributed by atoms with Gasteiger partial charge in [-0.05, 0) is 48.0 Å². The molecule has 0 bridgehead atoms. The Morgan fingerprint density at radius 3 is 2.31 bits per heavy atom. The molecule has 2 amide bonds. The second-order valence-corrected chi connectivity index (χ2v) is 5.66. The third-order valence-corrected chi connectivity index (χ3v) is 3.45. The van der Waals surface area contributed by atoms with Gasteiger partial charge in [0.1, 0.15) is 5.75 Å². The molecule has 0 aliphatic rings. The summed E-state index contributed by atoms with van der Waals surface area (Å²) in [6.45, 7) is -0.114. The van der Waals surface area contributed by atoms with Crippen molar-refractivity contribution in [2.24, 2.45) is 0 Å². The highest BCUT2D eigenvalue weighted by atomic mass is 16.5. The van der Waals surface area contributed by atoms with E-state index in [0.717, 1.165) is 11.3 Å². The van der Waals surface area contributed by atoms with Crippen LogP contribution in [0.1, 0.15) is 5.56 Å². The van der Waals surface area contributed by atoms with Crippen LogP contribution in [0.15, 0.2) is 54.6 Å². The molecule has 7 nitrogen and oxygen atoms in total. The van der Waals surface area contributed by atoms with Crippen molar-refractivity contribution in [2.45, 2.75) is 0 Å². The second-order valence-electron chi connectivity index (χ2n) is 5.66. The highest BCUT2D eigenvalue weighted by Gasteiger charge is 2.04. The van der Waals surface area contributed by atoms with Gasteiger partial charge in [0.2, 0.25) is 0 Å². The van der Waals surface area contributed by atoms with Crippen molar-refractivity contribution < 1.29 is 19.5 Å². The van der Waals surface area contributed by atoms with E-state index in [-0.39, 0.29) is 12.5 Å². The van der Waals surface area contributed by atoms with Crippen molar-refractivity contribution in [3.05, 3.63) is 60.2 Å². The first-order chi connectivity index (χ1) is 12.5. The van der Waals surface area contributed by atoms with Crippen LogP contribution in [0.4, 0.5) is 11.4 Å². The SMILES string of the molecule is CN(C)c1ccc(NC(=O)COc2ccc(/C=C/C(=O)NO)cc2)cc1. The number of anilines is 2. The minimum Gasteiger partial charge on any atom is -0.484 e. The Labute approximate surface area is 151 Å². The lowest BCUT2D eigenvalue weighted by Gasteiger charge is -2.13. The van der Waals surface area contributed by atoms with Crippen molar-refractivity contribution in [1.82, 2.24) is 5.48 Å². The highest BCUT2D eigenvalue weighted by Crippen LogP contribution is 2.16. The van der Waals surface area contributed by atoms with Gasteiger partial charge in [-0.2, -0.15) is 0 Å². The van der Waals surface area contributed by atoms with E-state index in [4.69, 9.17) is 9.94 Å². The number of ether oxygens (including phenoxy) is 1. The molecule has 0 unspecified atom stereocenters. The minimum atomic E-state index is -0.611. The maximum atomic E-state index is 12.0. The normalized spacial score (nSPS) is 10.4. The number of rotatable bonds is 7. The van der Waals surface area contributed by atoms with Gasteiger partial charge < -0.3 is 15.0 Å². The number of benzene rings is 2. The molecule has 0 spiro atoms. The summed E-state index contributed by atoms with van der Waals surface area (Å²) in [5.41, 5.74) is 4.01. The Hall–Kier alpha value is -3.32. The molecule has 0 fully saturated rings. The number of amides is 2. The largest absolute Gasteiger partial charge is 0.484 e. The monoisotopic (exact) mass is 355 g/mol. The summed E-state index contributed by atoms with van der Waals surface area (Å²) in [6.07, 6.45) is 2.74. The van der Waals surface area contributed by atoms with Crippen LogP contribution in [0.2, 0.25) is 0 Å². The van der Waals surface area contributed by atoms with E-state index in [9.17, 15) is 9.59 Å². The number of nitrogens with one attached hydrogen (secondary N) is 2. The molecule has 0 atom stereocenters. The van der Waals surface area contributed by atoms with Crippen molar-refractivity contribution in [1.29, 1.82) is 0 Å². The Morgan fingerprint density at radius 1 is 1.08 bits per heavy atom. The first-order valence-electron chi connectivity index (χ1n) is 7.90. The van der Waals surface area contributed by atoms with Gasteiger partial charge in [-0.1, -0.05) is 12.1 Å².